The zero-order valence-corrected chi connectivity index (χ0v) is 13.4. The molecule has 0 atom stereocenters. The Kier molecular flexibility index (Phi) is 4.57. The third kappa shape index (κ3) is 4.24. The second kappa shape index (κ2) is 6.41. The SMILES string of the molecule is CN(C(=O)OC(C)(C)C)c1ncc(-c2ccc(N=[N+]=[N-])cc2)[nH]1. The molecule has 2 aromatic rings. The van der Waals surface area contributed by atoms with E-state index in [1.807, 2.05) is 0 Å². The number of carbonyl (C=O) groups is 1. The van der Waals surface area contributed by atoms with Crippen LogP contribution in [0, 0.1) is 0 Å². The Morgan fingerprint density at radius 1 is 1.35 bits per heavy atom. The lowest BCUT2D eigenvalue weighted by molar-refractivity contribution is 0.0587. The van der Waals surface area contributed by atoms with Crippen LogP contribution in [0.3, 0.4) is 0 Å². The van der Waals surface area contributed by atoms with Gasteiger partial charge in [0.15, 0.2) is 0 Å². The van der Waals surface area contributed by atoms with Crippen LogP contribution in [0.1, 0.15) is 20.8 Å². The van der Waals surface area contributed by atoms with Gasteiger partial charge in [-0.2, -0.15) is 0 Å². The Morgan fingerprint density at radius 2 is 2.00 bits per heavy atom. The first-order valence-corrected chi connectivity index (χ1v) is 6.97. The maximum Gasteiger partial charge on any atom is 0.416 e. The van der Waals surface area contributed by atoms with E-state index in [0.717, 1.165) is 11.3 Å². The van der Waals surface area contributed by atoms with Gasteiger partial charge in [0.25, 0.3) is 0 Å². The van der Waals surface area contributed by atoms with Gasteiger partial charge in [0.05, 0.1) is 11.9 Å². The summed E-state index contributed by atoms with van der Waals surface area (Å²) in [5.41, 5.74) is 9.95. The van der Waals surface area contributed by atoms with Crippen molar-refractivity contribution in [1.82, 2.24) is 9.97 Å². The molecule has 0 radical (unpaired) electrons. The molecule has 1 heterocycles. The minimum atomic E-state index is -0.572. The molecule has 120 valence electrons. The summed E-state index contributed by atoms with van der Waals surface area (Å²) >= 11 is 0. The molecular formula is C15H18N6O2. The summed E-state index contributed by atoms with van der Waals surface area (Å²) in [5.74, 6) is 0.383. The molecule has 8 heteroatoms. The van der Waals surface area contributed by atoms with Crippen LogP contribution < -0.4 is 4.90 Å². The average molecular weight is 314 g/mol. The van der Waals surface area contributed by atoms with E-state index < -0.39 is 11.7 Å². The zero-order chi connectivity index (χ0) is 17.0. The number of amides is 1. The Labute approximate surface area is 133 Å². The Hall–Kier alpha value is -2.99. The van der Waals surface area contributed by atoms with Gasteiger partial charge in [0.2, 0.25) is 5.95 Å². The summed E-state index contributed by atoms with van der Waals surface area (Å²) in [4.78, 5) is 23.3. The molecule has 0 saturated heterocycles. The van der Waals surface area contributed by atoms with Crippen molar-refractivity contribution in [3.63, 3.8) is 0 Å². The van der Waals surface area contributed by atoms with Crippen LogP contribution in [0.15, 0.2) is 35.6 Å². The van der Waals surface area contributed by atoms with E-state index in [1.54, 1.807) is 58.3 Å². The Balaban J connectivity index is 2.16. The van der Waals surface area contributed by atoms with Crippen molar-refractivity contribution in [3.05, 3.63) is 40.9 Å². The molecule has 2 rings (SSSR count). The van der Waals surface area contributed by atoms with Crippen LogP contribution in [0.4, 0.5) is 16.4 Å². The highest BCUT2D eigenvalue weighted by atomic mass is 16.6. The van der Waals surface area contributed by atoms with Crippen LogP contribution in [0.5, 0.6) is 0 Å². The first kappa shape index (κ1) is 16.4. The van der Waals surface area contributed by atoms with Gasteiger partial charge in [-0.25, -0.2) is 9.78 Å². The van der Waals surface area contributed by atoms with Gasteiger partial charge in [-0.15, -0.1) is 0 Å². The van der Waals surface area contributed by atoms with Crippen molar-refractivity contribution in [3.8, 4) is 11.3 Å². The summed E-state index contributed by atoms with van der Waals surface area (Å²) in [7, 11) is 1.58. The van der Waals surface area contributed by atoms with Gasteiger partial charge in [0, 0.05) is 17.6 Å². The third-order valence-electron chi connectivity index (χ3n) is 2.89. The molecule has 0 fully saturated rings. The molecule has 8 nitrogen and oxygen atoms in total. The summed E-state index contributed by atoms with van der Waals surface area (Å²) in [6, 6.07) is 7.00. The summed E-state index contributed by atoms with van der Waals surface area (Å²) < 4.78 is 5.29. The predicted molar refractivity (Wildman–Crippen MR) is 87.5 cm³/mol. The van der Waals surface area contributed by atoms with Crippen LogP contribution in [-0.2, 0) is 4.74 Å². The number of carbonyl (C=O) groups excluding carboxylic acids is 1. The second-order valence-corrected chi connectivity index (χ2v) is 5.90. The monoisotopic (exact) mass is 314 g/mol. The van der Waals surface area contributed by atoms with Crippen molar-refractivity contribution in [2.75, 3.05) is 11.9 Å². The van der Waals surface area contributed by atoms with E-state index in [9.17, 15) is 4.79 Å². The van der Waals surface area contributed by atoms with Crippen LogP contribution >= 0.6 is 0 Å². The zero-order valence-electron chi connectivity index (χ0n) is 13.4. The maximum atomic E-state index is 12.0. The van der Waals surface area contributed by atoms with Crippen molar-refractivity contribution in [2.24, 2.45) is 5.11 Å². The number of ether oxygens (including phenoxy) is 1. The van der Waals surface area contributed by atoms with Crippen molar-refractivity contribution < 1.29 is 9.53 Å². The number of imidazole rings is 1. The van der Waals surface area contributed by atoms with Crippen molar-refractivity contribution in [2.45, 2.75) is 26.4 Å². The normalized spacial score (nSPS) is 10.8. The molecule has 0 aliphatic heterocycles. The number of rotatable bonds is 3. The quantitative estimate of drug-likeness (QED) is 0.515. The van der Waals surface area contributed by atoms with Crippen molar-refractivity contribution in [1.29, 1.82) is 0 Å². The lowest BCUT2D eigenvalue weighted by Gasteiger charge is -2.23. The molecule has 1 aromatic heterocycles. The van der Waals surface area contributed by atoms with Gasteiger partial charge >= 0.3 is 6.09 Å². The second-order valence-electron chi connectivity index (χ2n) is 5.90. The standard InChI is InChI=1S/C15H18N6O2/c1-15(2,3)23-14(22)21(4)13-17-9-12(18-13)10-5-7-11(8-6-10)19-20-16/h5-9H,1-4H3,(H,17,18). The van der Waals surface area contributed by atoms with Gasteiger partial charge in [0.1, 0.15) is 5.60 Å². The minimum absolute atomic E-state index is 0.383. The minimum Gasteiger partial charge on any atom is -0.443 e. The molecule has 0 aliphatic rings. The number of azide groups is 1. The van der Waals surface area contributed by atoms with E-state index >= 15 is 0 Å². The molecular weight excluding hydrogens is 296 g/mol. The number of aromatic nitrogens is 2. The molecule has 0 unspecified atom stereocenters. The van der Waals surface area contributed by atoms with Crippen molar-refractivity contribution >= 4 is 17.7 Å². The number of anilines is 1. The van der Waals surface area contributed by atoms with E-state index in [1.165, 1.54) is 4.90 Å². The molecule has 0 aliphatic carbocycles. The van der Waals surface area contributed by atoms with E-state index in [4.69, 9.17) is 10.3 Å². The van der Waals surface area contributed by atoms with Gasteiger partial charge in [-0.05, 0) is 31.9 Å². The van der Waals surface area contributed by atoms with Crippen LogP contribution in [-0.4, -0.2) is 28.7 Å². The third-order valence-corrected chi connectivity index (χ3v) is 2.89. The molecule has 23 heavy (non-hydrogen) atoms. The highest BCUT2D eigenvalue weighted by Gasteiger charge is 2.22. The number of nitrogens with zero attached hydrogens (tertiary/aromatic N) is 5. The topological polar surface area (TPSA) is 107 Å². The molecule has 0 bridgehead atoms. The Bertz CT molecular complexity index is 738. The van der Waals surface area contributed by atoms with E-state index in [2.05, 4.69) is 20.0 Å². The molecule has 0 saturated carbocycles. The number of benzene rings is 1. The van der Waals surface area contributed by atoms with Gasteiger partial charge in [-0.3, -0.25) is 4.90 Å². The lowest BCUT2D eigenvalue weighted by atomic mass is 10.1. The predicted octanol–water partition coefficient (Wildman–Crippen LogP) is 4.39. The first-order chi connectivity index (χ1) is 10.8. The summed E-state index contributed by atoms with van der Waals surface area (Å²) in [6.07, 6.45) is 1.13. The summed E-state index contributed by atoms with van der Waals surface area (Å²) in [5, 5.41) is 3.52. The highest BCUT2D eigenvalue weighted by Crippen LogP contribution is 2.23. The number of H-pyrrole nitrogens is 1. The highest BCUT2D eigenvalue weighted by molar-refractivity contribution is 5.85. The maximum absolute atomic E-state index is 12.0. The average Bonchev–Trinajstić information content (AvgIpc) is 2.95. The first-order valence-electron chi connectivity index (χ1n) is 6.97. The van der Waals surface area contributed by atoms with Crippen LogP contribution in [0.25, 0.3) is 21.7 Å². The van der Waals surface area contributed by atoms with E-state index in [0.29, 0.717) is 11.6 Å². The van der Waals surface area contributed by atoms with Gasteiger partial charge < -0.3 is 9.72 Å². The fourth-order valence-electron chi connectivity index (χ4n) is 1.80. The number of nitrogens with one attached hydrogen (secondary N) is 1. The number of hydrogen-bond acceptors (Lipinski definition) is 4. The van der Waals surface area contributed by atoms with Crippen LogP contribution in [0.2, 0.25) is 0 Å². The van der Waals surface area contributed by atoms with Gasteiger partial charge in [-0.1, -0.05) is 29.4 Å². The fourth-order valence-corrected chi connectivity index (χ4v) is 1.80. The molecule has 1 aromatic carbocycles. The largest absolute Gasteiger partial charge is 0.443 e. The molecule has 1 amide bonds. The Morgan fingerprint density at radius 3 is 2.57 bits per heavy atom. The molecule has 1 N–H and O–H groups in total. The van der Waals surface area contributed by atoms with E-state index in [-0.39, 0.29) is 0 Å². The fraction of sp³-hybridized carbons (Fsp3) is 0.333. The molecule has 0 spiro atoms. The smallest absolute Gasteiger partial charge is 0.416 e. The summed E-state index contributed by atoms with van der Waals surface area (Å²) in [6.45, 7) is 5.41. The number of aromatic amines is 1. The lowest BCUT2D eigenvalue weighted by Crippen LogP contribution is -2.34. The number of hydrogen-bond donors (Lipinski definition) is 1.